The van der Waals surface area contributed by atoms with E-state index in [0.29, 0.717) is 16.9 Å². The van der Waals surface area contributed by atoms with Gasteiger partial charge in [-0.25, -0.2) is 4.79 Å². The maximum atomic E-state index is 11.0. The largest absolute Gasteiger partial charge is 0.478 e. The molecule has 5 heteroatoms. The van der Waals surface area contributed by atoms with Crippen LogP contribution in [0.25, 0.3) is 0 Å². The Labute approximate surface area is 119 Å². The van der Waals surface area contributed by atoms with E-state index in [9.17, 15) is 4.79 Å². The molecule has 1 saturated carbocycles. The summed E-state index contributed by atoms with van der Waals surface area (Å²) in [7, 11) is 0. The summed E-state index contributed by atoms with van der Waals surface area (Å²) in [6.45, 7) is 0. The number of hydrogen-bond donors (Lipinski definition) is 2. The maximum Gasteiger partial charge on any atom is 0.335 e. The summed E-state index contributed by atoms with van der Waals surface area (Å²) in [5.41, 5.74) is 1.19. The molecule has 1 aromatic carbocycles. The maximum absolute atomic E-state index is 11.0. The highest BCUT2D eigenvalue weighted by Crippen LogP contribution is 2.31. The van der Waals surface area contributed by atoms with Crippen molar-refractivity contribution in [3.8, 4) is 0 Å². The van der Waals surface area contributed by atoms with E-state index < -0.39 is 5.97 Å². The highest BCUT2D eigenvalue weighted by molar-refractivity contribution is 9.10. The third-order valence-electron chi connectivity index (χ3n) is 3.25. The van der Waals surface area contributed by atoms with E-state index in [1.807, 2.05) is 17.8 Å². The fourth-order valence-electron chi connectivity index (χ4n) is 2.38. The molecule has 18 heavy (non-hydrogen) atoms. The molecule has 0 radical (unpaired) electrons. The van der Waals surface area contributed by atoms with Gasteiger partial charge in [0.25, 0.3) is 0 Å². The summed E-state index contributed by atoms with van der Waals surface area (Å²) in [5, 5.41) is 13.1. The van der Waals surface area contributed by atoms with Crippen molar-refractivity contribution in [2.75, 3.05) is 11.6 Å². The minimum Gasteiger partial charge on any atom is -0.478 e. The molecule has 0 spiro atoms. The molecular formula is C13H16BrNO2S. The zero-order valence-corrected chi connectivity index (χ0v) is 12.6. The molecular weight excluding hydrogens is 314 g/mol. The second kappa shape index (κ2) is 5.97. The van der Waals surface area contributed by atoms with Crippen LogP contribution in [-0.2, 0) is 0 Å². The molecule has 1 fully saturated rings. The van der Waals surface area contributed by atoms with Gasteiger partial charge in [-0.05, 0) is 37.3 Å². The molecule has 0 aliphatic heterocycles. The molecule has 0 aromatic heterocycles. The molecule has 0 amide bonds. The number of thioether (sulfide) groups is 1. The zero-order chi connectivity index (χ0) is 13.1. The van der Waals surface area contributed by atoms with Gasteiger partial charge in [0.15, 0.2) is 0 Å². The topological polar surface area (TPSA) is 49.3 Å². The fraction of sp³-hybridized carbons (Fsp3) is 0.462. The van der Waals surface area contributed by atoms with Gasteiger partial charge in [-0.3, -0.25) is 0 Å². The number of aromatic carboxylic acids is 1. The Kier molecular flexibility index (Phi) is 4.56. The van der Waals surface area contributed by atoms with E-state index >= 15 is 0 Å². The third-order valence-corrected chi connectivity index (χ3v) is 4.88. The van der Waals surface area contributed by atoms with Crippen molar-refractivity contribution in [1.29, 1.82) is 0 Å². The molecule has 1 aliphatic rings. The highest BCUT2D eigenvalue weighted by atomic mass is 79.9. The van der Waals surface area contributed by atoms with Crippen LogP contribution in [0.3, 0.4) is 0 Å². The van der Waals surface area contributed by atoms with E-state index in [0.717, 1.165) is 16.6 Å². The van der Waals surface area contributed by atoms with Crippen LogP contribution >= 0.6 is 27.7 Å². The number of benzene rings is 1. The number of carboxylic acid groups (broad SMARTS) is 1. The summed E-state index contributed by atoms with van der Waals surface area (Å²) in [6, 6.07) is 5.69. The van der Waals surface area contributed by atoms with Crippen LogP contribution in [0.5, 0.6) is 0 Å². The summed E-state index contributed by atoms with van der Waals surface area (Å²) < 4.78 is 0.795. The fourth-order valence-corrected chi connectivity index (χ4v) is 3.81. The van der Waals surface area contributed by atoms with Crippen LogP contribution in [-0.4, -0.2) is 28.6 Å². The lowest BCUT2D eigenvalue weighted by molar-refractivity contribution is 0.0697. The van der Waals surface area contributed by atoms with Crippen LogP contribution in [0.2, 0.25) is 0 Å². The molecule has 2 atom stereocenters. The molecule has 1 aliphatic carbocycles. The first-order chi connectivity index (χ1) is 8.60. The molecule has 0 heterocycles. The van der Waals surface area contributed by atoms with Crippen molar-refractivity contribution in [2.45, 2.75) is 30.6 Å². The number of nitrogens with one attached hydrogen (secondary N) is 1. The summed E-state index contributed by atoms with van der Waals surface area (Å²) in [4.78, 5) is 11.0. The quantitative estimate of drug-likeness (QED) is 0.881. The van der Waals surface area contributed by atoms with E-state index in [1.54, 1.807) is 12.1 Å². The Balaban J connectivity index is 2.16. The summed E-state index contributed by atoms with van der Waals surface area (Å²) in [6.07, 6.45) is 5.76. The second-order valence-electron chi connectivity index (χ2n) is 4.49. The summed E-state index contributed by atoms with van der Waals surface area (Å²) in [5.74, 6) is -0.896. The Morgan fingerprint density at radius 1 is 1.44 bits per heavy atom. The average molecular weight is 330 g/mol. The smallest absolute Gasteiger partial charge is 0.335 e. The predicted octanol–water partition coefficient (Wildman–Crippen LogP) is 3.84. The molecule has 0 saturated heterocycles. The van der Waals surface area contributed by atoms with Crippen LogP contribution in [0.15, 0.2) is 22.7 Å². The van der Waals surface area contributed by atoms with Gasteiger partial charge in [-0.2, -0.15) is 11.8 Å². The standard InChI is InChI=1S/C13H16BrNO2S/c1-18-12-4-2-3-11(12)15-10-6-8(13(16)17)5-9(14)7-10/h5-7,11-12,15H,2-4H2,1H3,(H,16,17). The lowest BCUT2D eigenvalue weighted by atomic mass is 10.1. The van der Waals surface area contributed by atoms with Crippen LogP contribution in [0.4, 0.5) is 5.69 Å². The van der Waals surface area contributed by atoms with Crippen molar-refractivity contribution in [3.63, 3.8) is 0 Å². The van der Waals surface area contributed by atoms with E-state index in [1.165, 1.54) is 12.8 Å². The van der Waals surface area contributed by atoms with Gasteiger partial charge in [0.05, 0.1) is 5.56 Å². The van der Waals surface area contributed by atoms with Crippen molar-refractivity contribution in [2.24, 2.45) is 0 Å². The first-order valence-corrected chi connectivity index (χ1v) is 8.01. The van der Waals surface area contributed by atoms with Crippen molar-refractivity contribution < 1.29 is 9.90 Å². The Hall–Kier alpha value is -0.680. The van der Waals surface area contributed by atoms with Gasteiger partial charge < -0.3 is 10.4 Å². The van der Waals surface area contributed by atoms with Crippen molar-refractivity contribution >= 4 is 39.3 Å². The lowest BCUT2D eigenvalue weighted by Gasteiger charge is -2.20. The number of halogens is 1. The van der Waals surface area contributed by atoms with Crippen LogP contribution in [0, 0.1) is 0 Å². The minimum atomic E-state index is -0.896. The highest BCUT2D eigenvalue weighted by Gasteiger charge is 2.26. The molecule has 2 rings (SSSR count). The number of rotatable bonds is 4. The van der Waals surface area contributed by atoms with Crippen LogP contribution in [0.1, 0.15) is 29.6 Å². The molecule has 2 unspecified atom stereocenters. The first kappa shape index (κ1) is 13.7. The van der Waals surface area contributed by atoms with Crippen molar-refractivity contribution in [3.05, 3.63) is 28.2 Å². The van der Waals surface area contributed by atoms with Gasteiger partial charge in [-0.1, -0.05) is 22.4 Å². The molecule has 98 valence electrons. The second-order valence-corrected chi connectivity index (χ2v) is 6.48. The summed E-state index contributed by atoms with van der Waals surface area (Å²) >= 11 is 5.24. The molecule has 0 bridgehead atoms. The number of anilines is 1. The number of hydrogen-bond acceptors (Lipinski definition) is 3. The van der Waals surface area contributed by atoms with E-state index in [-0.39, 0.29) is 0 Å². The van der Waals surface area contributed by atoms with E-state index in [2.05, 4.69) is 27.5 Å². The zero-order valence-electron chi connectivity index (χ0n) is 10.1. The van der Waals surface area contributed by atoms with Gasteiger partial charge in [0.1, 0.15) is 0 Å². The lowest BCUT2D eigenvalue weighted by Crippen LogP contribution is -2.25. The Morgan fingerprint density at radius 2 is 2.22 bits per heavy atom. The average Bonchev–Trinajstić information content (AvgIpc) is 2.75. The normalized spacial score (nSPS) is 23.0. The third kappa shape index (κ3) is 3.20. The first-order valence-electron chi connectivity index (χ1n) is 5.93. The van der Waals surface area contributed by atoms with Gasteiger partial charge in [0, 0.05) is 21.5 Å². The van der Waals surface area contributed by atoms with E-state index in [4.69, 9.17) is 5.11 Å². The monoisotopic (exact) mass is 329 g/mol. The predicted molar refractivity (Wildman–Crippen MR) is 79.7 cm³/mol. The number of carboxylic acids is 1. The molecule has 2 N–H and O–H groups in total. The Morgan fingerprint density at radius 3 is 2.89 bits per heavy atom. The van der Waals surface area contributed by atoms with Gasteiger partial charge in [-0.15, -0.1) is 0 Å². The Bertz CT molecular complexity index is 453. The number of carbonyl (C=O) groups is 1. The minimum absolute atomic E-state index is 0.311. The molecule has 1 aromatic rings. The van der Waals surface area contributed by atoms with Gasteiger partial charge in [0.2, 0.25) is 0 Å². The van der Waals surface area contributed by atoms with Crippen LogP contribution < -0.4 is 5.32 Å². The van der Waals surface area contributed by atoms with Crippen molar-refractivity contribution in [1.82, 2.24) is 0 Å². The SMILES string of the molecule is CSC1CCCC1Nc1cc(Br)cc(C(=O)O)c1. The van der Waals surface area contributed by atoms with Gasteiger partial charge >= 0.3 is 5.97 Å². The molecule has 3 nitrogen and oxygen atoms in total.